The SMILES string of the molecule is O=S([O-])C(CO)OS(=O)(=O)OC(CO)S(=O)[O-]. The van der Waals surface area contributed by atoms with Crippen LogP contribution < -0.4 is 0 Å². The molecule has 0 saturated heterocycles. The van der Waals surface area contributed by atoms with Crippen molar-refractivity contribution in [2.24, 2.45) is 0 Å². The summed E-state index contributed by atoms with van der Waals surface area (Å²) in [6, 6.07) is 0. The molecular formula is C4H8O10S3-2. The lowest BCUT2D eigenvalue weighted by Crippen LogP contribution is -2.32. The molecule has 0 spiro atoms. The van der Waals surface area contributed by atoms with Gasteiger partial charge >= 0.3 is 10.4 Å². The summed E-state index contributed by atoms with van der Waals surface area (Å²) in [6.07, 6.45) is 0. The fourth-order valence-corrected chi connectivity index (χ4v) is 2.56. The van der Waals surface area contributed by atoms with Crippen LogP contribution in [0.4, 0.5) is 0 Å². The second-order valence-corrected chi connectivity index (χ2v) is 5.64. The van der Waals surface area contributed by atoms with Gasteiger partial charge in [0.1, 0.15) is 0 Å². The molecule has 0 amide bonds. The molecular weight excluding hydrogens is 304 g/mol. The molecule has 17 heavy (non-hydrogen) atoms. The molecule has 0 aromatic rings. The highest BCUT2D eigenvalue weighted by Gasteiger charge is 2.25. The molecule has 0 saturated carbocycles. The zero-order valence-electron chi connectivity index (χ0n) is 7.95. The number of rotatable bonds is 8. The molecule has 0 fully saturated rings. The molecule has 0 rings (SSSR count). The Morgan fingerprint density at radius 1 is 1.00 bits per heavy atom. The quantitative estimate of drug-likeness (QED) is 0.431. The summed E-state index contributed by atoms with van der Waals surface area (Å²) < 4.78 is 70.9. The van der Waals surface area contributed by atoms with E-state index in [0.717, 1.165) is 0 Å². The number of hydrogen-bond acceptors (Lipinski definition) is 10. The fourth-order valence-electron chi connectivity index (χ4n) is 0.532. The van der Waals surface area contributed by atoms with Gasteiger partial charge in [-0.2, -0.15) is 8.42 Å². The first-order valence-electron chi connectivity index (χ1n) is 3.73. The molecule has 0 heterocycles. The van der Waals surface area contributed by atoms with Gasteiger partial charge in [-0.05, 0) is 22.2 Å². The fraction of sp³-hybridized carbons (Fsp3) is 1.00. The Hall–Kier alpha value is 0.01000. The second-order valence-electron chi connectivity index (χ2n) is 2.35. The van der Waals surface area contributed by atoms with E-state index in [0.29, 0.717) is 0 Å². The maximum Gasteiger partial charge on any atom is 0.402 e. The van der Waals surface area contributed by atoms with Gasteiger partial charge in [-0.25, -0.2) is 8.37 Å². The topological polar surface area (TPSA) is 173 Å². The van der Waals surface area contributed by atoms with Gasteiger partial charge < -0.3 is 19.3 Å². The van der Waals surface area contributed by atoms with Crippen LogP contribution in [0.3, 0.4) is 0 Å². The maximum absolute atomic E-state index is 11.0. The highest BCUT2D eigenvalue weighted by molar-refractivity contribution is 7.85. The molecule has 0 aliphatic heterocycles. The summed E-state index contributed by atoms with van der Waals surface area (Å²) in [5.41, 5.74) is -4.25. The van der Waals surface area contributed by atoms with Crippen molar-refractivity contribution in [1.82, 2.24) is 0 Å². The van der Waals surface area contributed by atoms with Crippen LogP contribution in [-0.2, 0) is 40.9 Å². The minimum atomic E-state index is -5.00. The van der Waals surface area contributed by atoms with Gasteiger partial charge in [0.05, 0.1) is 13.2 Å². The Labute approximate surface area is 101 Å². The Morgan fingerprint density at radius 2 is 1.29 bits per heavy atom. The third kappa shape index (κ3) is 6.49. The van der Waals surface area contributed by atoms with Crippen molar-refractivity contribution in [3.05, 3.63) is 0 Å². The van der Waals surface area contributed by atoms with Gasteiger partial charge in [-0.3, -0.25) is 8.42 Å². The molecule has 13 heteroatoms. The minimum Gasteiger partial charge on any atom is -0.770 e. The second kappa shape index (κ2) is 7.45. The van der Waals surface area contributed by atoms with Crippen LogP contribution in [0.5, 0.6) is 0 Å². The normalized spacial score (nSPS) is 19.5. The van der Waals surface area contributed by atoms with Crippen molar-refractivity contribution < 1.29 is 44.5 Å². The van der Waals surface area contributed by atoms with Crippen LogP contribution in [0.2, 0.25) is 0 Å². The van der Waals surface area contributed by atoms with Crippen LogP contribution in [0.25, 0.3) is 0 Å². The average molecular weight is 312 g/mol. The van der Waals surface area contributed by atoms with E-state index in [2.05, 4.69) is 8.37 Å². The van der Waals surface area contributed by atoms with E-state index in [1.54, 1.807) is 0 Å². The zero-order valence-corrected chi connectivity index (χ0v) is 10.4. The van der Waals surface area contributed by atoms with E-state index in [4.69, 9.17) is 10.2 Å². The van der Waals surface area contributed by atoms with Gasteiger partial charge in [-0.15, -0.1) is 0 Å². The Bertz CT molecular complexity index is 345. The largest absolute Gasteiger partial charge is 0.770 e. The molecule has 4 atom stereocenters. The molecule has 0 aromatic heterocycles. The average Bonchev–Trinajstić information content (AvgIpc) is 2.22. The molecule has 2 N–H and O–H groups in total. The van der Waals surface area contributed by atoms with Crippen LogP contribution in [-0.4, -0.2) is 60.2 Å². The summed E-state index contributed by atoms with van der Waals surface area (Å²) in [4.78, 5) is 0. The smallest absolute Gasteiger partial charge is 0.402 e. The predicted octanol–water partition coefficient (Wildman–Crippen LogP) is -3.34. The van der Waals surface area contributed by atoms with Gasteiger partial charge in [0.25, 0.3) is 0 Å². The van der Waals surface area contributed by atoms with Crippen molar-refractivity contribution in [3.8, 4) is 0 Å². The van der Waals surface area contributed by atoms with E-state index in [1.165, 1.54) is 0 Å². The monoisotopic (exact) mass is 312 g/mol. The third-order valence-electron chi connectivity index (χ3n) is 1.18. The third-order valence-corrected chi connectivity index (χ3v) is 3.71. The van der Waals surface area contributed by atoms with Crippen molar-refractivity contribution in [1.29, 1.82) is 0 Å². The van der Waals surface area contributed by atoms with E-state index in [-0.39, 0.29) is 0 Å². The van der Waals surface area contributed by atoms with Crippen LogP contribution >= 0.6 is 0 Å². The number of aliphatic hydroxyl groups is 2. The number of hydrogen-bond donors (Lipinski definition) is 2. The van der Waals surface area contributed by atoms with Crippen molar-refractivity contribution >= 4 is 32.6 Å². The summed E-state index contributed by atoms with van der Waals surface area (Å²) in [6.45, 7) is -2.36. The van der Waals surface area contributed by atoms with Gasteiger partial charge in [-0.1, -0.05) is 0 Å². The van der Waals surface area contributed by atoms with Crippen molar-refractivity contribution in [3.63, 3.8) is 0 Å². The van der Waals surface area contributed by atoms with Gasteiger partial charge in [0.2, 0.25) is 0 Å². The van der Waals surface area contributed by atoms with E-state index >= 15 is 0 Å². The van der Waals surface area contributed by atoms with Crippen molar-refractivity contribution in [2.45, 2.75) is 10.9 Å². The van der Waals surface area contributed by atoms with Crippen LogP contribution in [0, 0.1) is 0 Å². The first-order valence-corrected chi connectivity index (χ1v) is 7.33. The minimum absolute atomic E-state index is 1.18. The molecule has 4 unspecified atom stereocenters. The Morgan fingerprint density at radius 3 is 1.47 bits per heavy atom. The predicted molar refractivity (Wildman–Crippen MR) is 50.7 cm³/mol. The molecule has 0 aliphatic rings. The summed E-state index contributed by atoms with van der Waals surface area (Å²) in [7, 11) is -5.00. The lowest BCUT2D eigenvalue weighted by atomic mass is 10.8. The van der Waals surface area contributed by atoms with E-state index in [9.17, 15) is 25.9 Å². The molecule has 0 radical (unpaired) electrons. The standard InChI is InChI=1S/C4H10O10S3/c5-1-3(15(7)8)13-17(11,12)14-4(2-6)16(9)10/h3-6H,1-2H2,(H,7,8)(H,9,10)/p-2. The summed E-state index contributed by atoms with van der Waals surface area (Å²) >= 11 is -6.15. The first-order chi connectivity index (χ1) is 7.73. The van der Waals surface area contributed by atoms with E-state index in [1.807, 2.05) is 0 Å². The molecule has 0 aliphatic carbocycles. The van der Waals surface area contributed by atoms with Gasteiger partial charge in [0, 0.05) is 0 Å². The summed E-state index contributed by atoms with van der Waals surface area (Å²) in [5, 5.41) is 16.9. The molecule has 10 nitrogen and oxygen atoms in total. The van der Waals surface area contributed by atoms with Crippen molar-refractivity contribution in [2.75, 3.05) is 13.2 Å². The Kier molecular flexibility index (Phi) is 7.45. The molecule has 0 aromatic carbocycles. The van der Waals surface area contributed by atoms with Crippen LogP contribution in [0.1, 0.15) is 0 Å². The van der Waals surface area contributed by atoms with E-state index < -0.39 is 56.6 Å². The maximum atomic E-state index is 11.0. The first kappa shape index (κ1) is 17.0. The molecule has 0 bridgehead atoms. The summed E-state index contributed by atoms with van der Waals surface area (Å²) in [5.74, 6) is 0. The highest BCUT2D eigenvalue weighted by atomic mass is 32.3. The lowest BCUT2D eigenvalue weighted by Gasteiger charge is -2.20. The Balaban J connectivity index is 4.68. The molecule has 104 valence electrons. The number of aliphatic hydroxyl groups excluding tert-OH is 2. The van der Waals surface area contributed by atoms with Crippen LogP contribution in [0.15, 0.2) is 0 Å². The highest BCUT2D eigenvalue weighted by Crippen LogP contribution is 2.09. The van der Waals surface area contributed by atoms with Gasteiger partial charge in [0.15, 0.2) is 10.9 Å². The zero-order chi connectivity index (χ0) is 13.6. The lowest BCUT2D eigenvalue weighted by molar-refractivity contribution is 0.114.